The summed E-state index contributed by atoms with van der Waals surface area (Å²) in [5.41, 5.74) is 0.585. The summed E-state index contributed by atoms with van der Waals surface area (Å²) >= 11 is 6.15. The Bertz CT molecular complexity index is 484. The summed E-state index contributed by atoms with van der Waals surface area (Å²) in [6, 6.07) is 7.54. The van der Waals surface area contributed by atoms with Crippen molar-refractivity contribution in [2.45, 2.75) is 51.6 Å². The van der Waals surface area contributed by atoms with Crippen molar-refractivity contribution in [3.05, 3.63) is 34.9 Å². The summed E-state index contributed by atoms with van der Waals surface area (Å²) in [6.45, 7) is 4.51. The number of hydrogen-bond donors (Lipinski definition) is 0. The fourth-order valence-electron chi connectivity index (χ4n) is 2.90. The zero-order chi connectivity index (χ0) is 14.8. The molecule has 0 saturated heterocycles. The summed E-state index contributed by atoms with van der Waals surface area (Å²) in [4.78, 5) is 12.7. The van der Waals surface area contributed by atoms with E-state index in [1.54, 1.807) is 7.11 Å². The summed E-state index contributed by atoms with van der Waals surface area (Å²) in [5.74, 6) is 0.156. The summed E-state index contributed by atoms with van der Waals surface area (Å²) in [6.07, 6.45) is 4.01. The third kappa shape index (κ3) is 3.24. The van der Waals surface area contributed by atoms with Crippen LogP contribution in [0.15, 0.2) is 24.3 Å². The molecule has 0 aromatic heterocycles. The van der Waals surface area contributed by atoms with E-state index in [2.05, 4.69) is 13.8 Å². The van der Waals surface area contributed by atoms with Gasteiger partial charge in [-0.05, 0) is 42.7 Å². The second-order valence-corrected chi connectivity index (χ2v) is 6.96. The van der Waals surface area contributed by atoms with Crippen molar-refractivity contribution in [2.24, 2.45) is 5.41 Å². The van der Waals surface area contributed by atoms with Gasteiger partial charge in [-0.2, -0.15) is 0 Å². The SMILES string of the molecule is COC1(C(=O)Cc2ccccc2Cl)CCC(C)(C)CC1. The Hall–Kier alpha value is -0.860. The average molecular weight is 295 g/mol. The Labute approximate surface area is 126 Å². The van der Waals surface area contributed by atoms with E-state index in [-0.39, 0.29) is 5.78 Å². The lowest BCUT2D eigenvalue weighted by Crippen LogP contribution is -2.46. The van der Waals surface area contributed by atoms with Crippen LogP contribution >= 0.6 is 11.6 Å². The third-order valence-electron chi connectivity index (χ3n) is 4.62. The molecule has 1 aromatic carbocycles. The monoisotopic (exact) mass is 294 g/mol. The number of ketones is 1. The van der Waals surface area contributed by atoms with Gasteiger partial charge < -0.3 is 4.74 Å². The van der Waals surface area contributed by atoms with Gasteiger partial charge in [0.25, 0.3) is 0 Å². The van der Waals surface area contributed by atoms with Crippen LogP contribution < -0.4 is 0 Å². The molecule has 0 spiro atoms. The molecule has 0 atom stereocenters. The molecule has 0 unspecified atom stereocenters. The van der Waals surface area contributed by atoms with E-state index in [4.69, 9.17) is 16.3 Å². The van der Waals surface area contributed by atoms with E-state index in [1.165, 1.54) is 0 Å². The molecule has 1 aromatic rings. The van der Waals surface area contributed by atoms with Gasteiger partial charge in [-0.3, -0.25) is 4.79 Å². The maximum absolute atomic E-state index is 12.7. The quantitative estimate of drug-likeness (QED) is 0.821. The van der Waals surface area contributed by atoms with Crippen molar-refractivity contribution in [3.63, 3.8) is 0 Å². The first-order chi connectivity index (χ1) is 9.38. The number of halogens is 1. The first-order valence-electron chi connectivity index (χ1n) is 7.20. The molecule has 2 rings (SSSR count). The van der Waals surface area contributed by atoms with Gasteiger partial charge in [0.2, 0.25) is 0 Å². The molecular formula is C17H23ClO2. The van der Waals surface area contributed by atoms with E-state index >= 15 is 0 Å². The fourth-order valence-corrected chi connectivity index (χ4v) is 3.11. The first-order valence-corrected chi connectivity index (χ1v) is 7.58. The number of carbonyl (C=O) groups excluding carboxylic acids is 1. The summed E-state index contributed by atoms with van der Waals surface area (Å²) < 4.78 is 5.65. The lowest BCUT2D eigenvalue weighted by atomic mass is 9.69. The van der Waals surface area contributed by atoms with Gasteiger partial charge in [0.1, 0.15) is 5.60 Å². The van der Waals surface area contributed by atoms with Crippen molar-refractivity contribution >= 4 is 17.4 Å². The van der Waals surface area contributed by atoms with Gasteiger partial charge >= 0.3 is 0 Å². The third-order valence-corrected chi connectivity index (χ3v) is 4.99. The van der Waals surface area contributed by atoms with Gasteiger partial charge in [-0.15, -0.1) is 0 Å². The average Bonchev–Trinajstić information content (AvgIpc) is 2.42. The molecule has 0 aliphatic heterocycles. The van der Waals surface area contributed by atoms with Gasteiger partial charge in [-0.1, -0.05) is 43.6 Å². The Morgan fingerprint density at radius 3 is 2.35 bits per heavy atom. The van der Waals surface area contributed by atoms with Crippen LogP contribution in [0.25, 0.3) is 0 Å². The molecule has 1 saturated carbocycles. The molecule has 0 bridgehead atoms. The van der Waals surface area contributed by atoms with E-state index < -0.39 is 5.60 Å². The molecule has 1 aliphatic carbocycles. The Kier molecular flexibility index (Phi) is 4.55. The smallest absolute Gasteiger partial charge is 0.169 e. The number of ether oxygens (including phenoxy) is 1. The number of benzene rings is 1. The first kappa shape index (κ1) is 15.5. The highest BCUT2D eigenvalue weighted by atomic mass is 35.5. The van der Waals surface area contributed by atoms with Crippen LogP contribution in [0.2, 0.25) is 5.02 Å². The molecule has 0 heterocycles. The number of methoxy groups -OCH3 is 1. The van der Waals surface area contributed by atoms with Crippen LogP contribution in [0.3, 0.4) is 0 Å². The van der Waals surface area contributed by atoms with Gasteiger partial charge in [0.05, 0.1) is 0 Å². The van der Waals surface area contributed by atoms with Crippen molar-refractivity contribution in [1.82, 2.24) is 0 Å². The van der Waals surface area contributed by atoms with Crippen molar-refractivity contribution in [3.8, 4) is 0 Å². The van der Waals surface area contributed by atoms with E-state index in [1.807, 2.05) is 24.3 Å². The molecule has 1 aliphatic rings. The molecule has 0 amide bonds. The minimum Gasteiger partial charge on any atom is -0.370 e. The Morgan fingerprint density at radius 1 is 1.20 bits per heavy atom. The number of rotatable bonds is 4. The van der Waals surface area contributed by atoms with Gasteiger partial charge in [-0.25, -0.2) is 0 Å². The van der Waals surface area contributed by atoms with Crippen molar-refractivity contribution < 1.29 is 9.53 Å². The molecular weight excluding hydrogens is 272 g/mol. The second kappa shape index (κ2) is 5.87. The van der Waals surface area contributed by atoms with E-state index in [0.717, 1.165) is 31.2 Å². The maximum atomic E-state index is 12.7. The molecule has 0 N–H and O–H groups in total. The number of Topliss-reactive ketones (excluding diaryl/α,β-unsaturated/α-hetero) is 1. The molecule has 1 fully saturated rings. The molecule has 20 heavy (non-hydrogen) atoms. The fraction of sp³-hybridized carbons (Fsp3) is 0.588. The summed E-state index contributed by atoms with van der Waals surface area (Å²) in [7, 11) is 1.66. The largest absolute Gasteiger partial charge is 0.370 e. The lowest BCUT2D eigenvalue weighted by Gasteiger charge is -2.41. The molecule has 110 valence electrons. The lowest BCUT2D eigenvalue weighted by molar-refractivity contribution is -0.147. The van der Waals surface area contributed by atoms with Crippen LogP contribution in [-0.4, -0.2) is 18.5 Å². The zero-order valence-electron chi connectivity index (χ0n) is 12.5. The summed E-state index contributed by atoms with van der Waals surface area (Å²) in [5, 5.41) is 0.656. The standard InChI is InChI=1S/C17H23ClO2/c1-16(2)8-10-17(20-3,11-9-16)15(19)12-13-6-4-5-7-14(13)18/h4-7H,8-12H2,1-3H3. The highest BCUT2D eigenvalue weighted by Crippen LogP contribution is 2.42. The van der Waals surface area contributed by atoms with Crippen LogP contribution in [0.1, 0.15) is 45.1 Å². The van der Waals surface area contributed by atoms with Crippen LogP contribution in [0, 0.1) is 5.41 Å². The van der Waals surface area contributed by atoms with Crippen LogP contribution in [0.4, 0.5) is 0 Å². The van der Waals surface area contributed by atoms with Gasteiger partial charge in [0, 0.05) is 18.6 Å². The van der Waals surface area contributed by atoms with E-state index in [9.17, 15) is 4.79 Å². The molecule has 3 heteroatoms. The Morgan fingerprint density at radius 2 is 1.80 bits per heavy atom. The highest BCUT2D eigenvalue weighted by Gasteiger charge is 2.43. The Balaban J connectivity index is 2.13. The van der Waals surface area contributed by atoms with Crippen LogP contribution in [-0.2, 0) is 16.0 Å². The molecule has 2 nitrogen and oxygen atoms in total. The normalized spacial score (nSPS) is 20.6. The molecule has 0 radical (unpaired) electrons. The van der Waals surface area contributed by atoms with Crippen molar-refractivity contribution in [1.29, 1.82) is 0 Å². The second-order valence-electron chi connectivity index (χ2n) is 6.55. The predicted octanol–water partition coefficient (Wildman–Crippen LogP) is 4.44. The van der Waals surface area contributed by atoms with E-state index in [0.29, 0.717) is 16.9 Å². The predicted molar refractivity (Wildman–Crippen MR) is 82.2 cm³/mol. The minimum absolute atomic E-state index is 0.156. The zero-order valence-corrected chi connectivity index (χ0v) is 13.3. The topological polar surface area (TPSA) is 26.3 Å². The van der Waals surface area contributed by atoms with Gasteiger partial charge in [0.15, 0.2) is 5.78 Å². The highest BCUT2D eigenvalue weighted by molar-refractivity contribution is 6.31. The van der Waals surface area contributed by atoms with Crippen molar-refractivity contribution in [2.75, 3.05) is 7.11 Å². The number of carbonyl (C=O) groups is 1. The minimum atomic E-state index is -0.616. The van der Waals surface area contributed by atoms with Crippen LogP contribution in [0.5, 0.6) is 0 Å². The maximum Gasteiger partial charge on any atom is 0.169 e. The number of hydrogen-bond acceptors (Lipinski definition) is 2.